The first-order chi connectivity index (χ1) is 12.0. The van der Waals surface area contributed by atoms with Crippen molar-refractivity contribution >= 4 is 28.8 Å². The molecule has 0 spiro atoms. The van der Waals surface area contributed by atoms with Crippen LogP contribution >= 0.6 is 22.9 Å². The van der Waals surface area contributed by atoms with Crippen LogP contribution in [0.1, 0.15) is 21.6 Å². The van der Waals surface area contributed by atoms with Gasteiger partial charge in [-0.3, -0.25) is 4.79 Å². The minimum absolute atomic E-state index is 0.0642. The number of hydrogen-bond acceptors (Lipinski definition) is 7. The minimum Gasteiger partial charge on any atom is -0.501 e. The molecule has 3 rings (SSSR count). The summed E-state index contributed by atoms with van der Waals surface area (Å²) in [5.74, 6) is -1.94. The third-order valence-electron chi connectivity index (χ3n) is 3.52. The Bertz CT molecular complexity index is 931. The minimum atomic E-state index is -0.680. The molecule has 0 fully saturated rings. The number of benzene rings is 1. The lowest BCUT2D eigenvalue weighted by Gasteiger charge is -2.10. The summed E-state index contributed by atoms with van der Waals surface area (Å²) < 4.78 is 0. The Balaban J connectivity index is 1.85. The average Bonchev–Trinajstić information content (AvgIpc) is 3.13. The van der Waals surface area contributed by atoms with Gasteiger partial charge in [0, 0.05) is 23.1 Å². The lowest BCUT2D eigenvalue weighted by Crippen LogP contribution is -2.24. The van der Waals surface area contributed by atoms with Crippen LogP contribution in [0.15, 0.2) is 29.8 Å². The van der Waals surface area contributed by atoms with Gasteiger partial charge in [-0.15, -0.1) is 11.3 Å². The second kappa shape index (κ2) is 7.04. The molecule has 0 saturated heterocycles. The number of halogens is 1. The zero-order valence-corrected chi connectivity index (χ0v) is 14.6. The van der Waals surface area contributed by atoms with Crippen LogP contribution in [0.3, 0.4) is 0 Å². The fraction of sp³-hybridized carbons (Fsp3) is 0.125. The Morgan fingerprint density at radius 2 is 2.12 bits per heavy atom. The first-order valence-electron chi connectivity index (χ1n) is 7.19. The van der Waals surface area contributed by atoms with E-state index < -0.39 is 17.5 Å². The molecule has 0 radical (unpaired) electrons. The molecule has 0 aliphatic carbocycles. The summed E-state index contributed by atoms with van der Waals surface area (Å²) in [6, 6.07) is 5.38. The van der Waals surface area contributed by atoms with Gasteiger partial charge in [-0.05, 0) is 24.1 Å². The van der Waals surface area contributed by atoms with Crippen molar-refractivity contribution in [2.45, 2.75) is 13.5 Å². The largest absolute Gasteiger partial charge is 0.501 e. The van der Waals surface area contributed by atoms with E-state index in [0.717, 1.165) is 11.1 Å². The van der Waals surface area contributed by atoms with Gasteiger partial charge in [0.05, 0.1) is 0 Å². The van der Waals surface area contributed by atoms with Crippen LogP contribution in [0.2, 0.25) is 5.02 Å². The second-order valence-corrected chi connectivity index (χ2v) is 6.41. The van der Waals surface area contributed by atoms with Crippen molar-refractivity contribution in [3.63, 3.8) is 0 Å². The SMILES string of the molecule is Cc1c(Cl)cccc1CNC(=O)c1nc(-c2nccs2)nc(O)c1O. The highest BCUT2D eigenvalue weighted by Crippen LogP contribution is 2.29. The molecule has 9 heteroatoms. The maximum absolute atomic E-state index is 12.4. The summed E-state index contributed by atoms with van der Waals surface area (Å²) >= 11 is 7.31. The molecule has 3 aromatic rings. The van der Waals surface area contributed by atoms with Crippen LogP contribution in [0.4, 0.5) is 0 Å². The standard InChI is InChI=1S/C16H13ClN4O3S/c1-8-9(3-2-4-10(8)17)7-19-14(23)11-12(22)15(24)21-13(20-11)16-18-5-6-25-16/h2-6,22H,7H2,1H3,(H,19,23)(H,20,21,24). The monoisotopic (exact) mass is 376 g/mol. The van der Waals surface area contributed by atoms with Crippen molar-refractivity contribution in [3.05, 3.63) is 51.6 Å². The number of amides is 1. The summed E-state index contributed by atoms with van der Waals surface area (Å²) in [7, 11) is 0. The van der Waals surface area contributed by atoms with E-state index in [9.17, 15) is 15.0 Å². The topological polar surface area (TPSA) is 108 Å². The first-order valence-corrected chi connectivity index (χ1v) is 8.45. The number of nitrogens with zero attached hydrogens (tertiary/aromatic N) is 3. The molecule has 128 valence electrons. The Morgan fingerprint density at radius 3 is 2.84 bits per heavy atom. The molecule has 0 aliphatic rings. The normalized spacial score (nSPS) is 10.6. The maximum atomic E-state index is 12.4. The Labute approximate surface area is 152 Å². The third-order valence-corrected chi connectivity index (χ3v) is 4.70. The fourth-order valence-electron chi connectivity index (χ4n) is 2.13. The van der Waals surface area contributed by atoms with Crippen molar-refractivity contribution < 1.29 is 15.0 Å². The van der Waals surface area contributed by atoms with Crippen molar-refractivity contribution in [3.8, 4) is 22.5 Å². The lowest BCUT2D eigenvalue weighted by molar-refractivity contribution is 0.0942. The highest BCUT2D eigenvalue weighted by Gasteiger charge is 2.21. The Kier molecular flexibility index (Phi) is 4.82. The summed E-state index contributed by atoms with van der Waals surface area (Å²) in [5.41, 5.74) is 1.36. The summed E-state index contributed by atoms with van der Waals surface area (Å²) in [6.07, 6.45) is 1.55. The lowest BCUT2D eigenvalue weighted by atomic mass is 10.1. The van der Waals surface area contributed by atoms with E-state index in [-0.39, 0.29) is 18.1 Å². The number of thiazole rings is 1. The third kappa shape index (κ3) is 3.54. The maximum Gasteiger partial charge on any atom is 0.274 e. The quantitative estimate of drug-likeness (QED) is 0.646. The van der Waals surface area contributed by atoms with Crippen LogP contribution in [0, 0.1) is 6.92 Å². The molecule has 1 amide bonds. The van der Waals surface area contributed by atoms with Gasteiger partial charge in [0.25, 0.3) is 11.8 Å². The number of nitrogens with one attached hydrogen (secondary N) is 1. The van der Waals surface area contributed by atoms with Gasteiger partial charge in [0.15, 0.2) is 16.5 Å². The van der Waals surface area contributed by atoms with E-state index in [0.29, 0.717) is 10.0 Å². The van der Waals surface area contributed by atoms with E-state index in [1.54, 1.807) is 23.7 Å². The number of hydrogen-bond donors (Lipinski definition) is 3. The average molecular weight is 377 g/mol. The van der Waals surface area contributed by atoms with E-state index in [2.05, 4.69) is 20.3 Å². The Hall–Kier alpha value is -2.71. The number of aromatic nitrogens is 3. The molecule has 2 aromatic heterocycles. The van der Waals surface area contributed by atoms with E-state index in [4.69, 9.17) is 11.6 Å². The first kappa shape index (κ1) is 17.1. The van der Waals surface area contributed by atoms with Crippen LogP contribution in [0.5, 0.6) is 11.6 Å². The highest BCUT2D eigenvalue weighted by atomic mass is 35.5. The van der Waals surface area contributed by atoms with Gasteiger partial charge < -0.3 is 15.5 Å². The summed E-state index contributed by atoms with van der Waals surface area (Å²) in [6.45, 7) is 2.04. The summed E-state index contributed by atoms with van der Waals surface area (Å²) in [5, 5.41) is 25.1. The number of rotatable bonds is 4. The smallest absolute Gasteiger partial charge is 0.274 e. The molecular formula is C16H13ClN4O3S. The van der Waals surface area contributed by atoms with Crippen LogP contribution in [0.25, 0.3) is 10.8 Å². The molecule has 25 heavy (non-hydrogen) atoms. The van der Waals surface area contributed by atoms with Gasteiger partial charge >= 0.3 is 0 Å². The fourth-order valence-corrected chi connectivity index (χ4v) is 2.90. The van der Waals surface area contributed by atoms with E-state index in [1.165, 1.54) is 11.3 Å². The molecule has 0 aliphatic heterocycles. The van der Waals surface area contributed by atoms with Crippen molar-refractivity contribution in [2.24, 2.45) is 0 Å². The molecule has 0 saturated carbocycles. The molecule has 0 bridgehead atoms. The predicted octanol–water partition coefficient (Wildman–Crippen LogP) is 2.90. The second-order valence-electron chi connectivity index (χ2n) is 5.11. The molecule has 0 atom stereocenters. The number of aromatic hydroxyl groups is 2. The zero-order chi connectivity index (χ0) is 18.0. The number of carbonyl (C=O) groups is 1. The predicted molar refractivity (Wildman–Crippen MR) is 93.8 cm³/mol. The number of carbonyl (C=O) groups excluding carboxylic acids is 1. The van der Waals surface area contributed by atoms with Gasteiger partial charge in [0.2, 0.25) is 5.75 Å². The van der Waals surface area contributed by atoms with E-state index in [1.807, 2.05) is 13.0 Å². The van der Waals surface area contributed by atoms with Gasteiger partial charge in [-0.2, -0.15) is 4.98 Å². The van der Waals surface area contributed by atoms with Crippen molar-refractivity contribution in [2.75, 3.05) is 0 Å². The molecule has 3 N–H and O–H groups in total. The molecule has 7 nitrogen and oxygen atoms in total. The molecule has 0 unspecified atom stereocenters. The summed E-state index contributed by atoms with van der Waals surface area (Å²) in [4.78, 5) is 24.2. The van der Waals surface area contributed by atoms with Crippen molar-refractivity contribution in [1.29, 1.82) is 0 Å². The molecule has 1 aromatic carbocycles. The van der Waals surface area contributed by atoms with E-state index >= 15 is 0 Å². The van der Waals surface area contributed by atoms with Gasteiger partial charge in [0.1, 0.15) is 0 Å². The van der Waals surface area contributed by atoms with Crippen LogP contribution < -0.4 is 5.32 Å². The zero-order valence-electron chi connectivity index (χ0n) is 13.0. The van der Waals surface area contributed by atoms with Gasteiger partial charge in [-0.25, -0.2) is 9.97 Å². The van der Waals surface area contributed by atoms with Crippen molar-refractivity contribution in [1.82, 2.24) is 20.3 Å². The van der Waals surface area contributed by atoms with Gasteiger partial charge in [-0.1, -0.05) is 23.7 Å². The molecular weight excluding hydrogens is 364 g/mol. The Morgan fingerprint density at radius 1 is 1.32 bits per heavy atom. The van der Waals surface area contributed by atoms with Crippen LogP contribution in [-0.2, 0) is 6.54 Å². The molecule has 2 heterocycles. The van der Waals surface area contributed by atoms with Crippen LogP contribution in [-0.4, -0.2) is 31.1 Å². The highest BCUT2D eigenvalue weighted by molar-refractivity contribution is 7.13.